The molecule has 3 heterocycles. The zero-order chi connectivity index (χ0) is 20.7. The molecule has 1 aliphatic heterocycles. The molecular weight excluding hydrogens is 372 g/mol. The third kappa shape index (κ3) is 2.85. The average Bonchev–Trinajstić information content (AvgIpc) is 2.67. The van der Waals surface area contributed by atoms with E-state index in [0.29, 0.717) is 16.7 Å². The maximum absolute atomic E-state index is 11.8. The number of guanidine groups is 1. The van der Waals surface area contributed by atoms with E-state index in [1.807, 2.05) is 25.1 Å². The number of nitrogens with zero attached hydrogens (tertiary/aromatic N) is 4. The second kappa shape index (κ2) is 6.55. The summed E-state index contributed by atoms with van der Waals surface area (Å²) in [6.45, 7) is 1.82. The van der Waals surface area contributed by atoms with E-state index >= 15 is 0 Å². The average molecular weight is 386 g/mol. The monoisotopic (exact) mass is 386 g/mol. The molecule has 10 heteroatoms. The van der Waals surface area contributed by atoms with Crippen LogP contribution in [0.1, 0.15) is 28.3 Å². The minimum absolute atomic E-state index is 0.0339. The molecule has 0 saturated heterocycles. The van der Waals surface area contributed by atoms with E-state index < -0.39 is 11.7 Å². The summed E-state index contributed by atoms with van der Waals surface area (Å²) in [6, 6.07) is 7.95. The zero-order valence-corrected chi connectivity index (χ0v) is 15.1. The lowest BCUT2D eigenvalue weighted by Gasteiger charge is -2.26. The largest absolute Gasteiger partial charge is 0.423 e. The van der Waals surface area contributed by atoms with Gasteiger partial charge in [-0.15, -0.1) is 0 Å². The number of nitrogens with two attached hydrogens (primary N) is 2. The van der Waals surface area contributed by atoms with Crippen LogP contribution in [0.3, 0.4) is 0 Å². The second-order valence-corrected chi connectivity index (χ2v) is 6.41. The molecule has 1 unspecified atom stereocenters. The van der Waals surface area contributed by atoms with E-state index in [2.05, 4.69) is 20.6 Å². The number of aromatic nitrogens is 1. The van der Waals surface area contributed by atoms with Crippen molar-refractivity contribution in [3.8, 4) is 12.3 Å². The number of hydrogen-bond donors (Lipinski definition) is 4. The fraction of sp³-hybridized carbons (Fsp3) is 0.105. The number of nitrogens with one attached hydrogen (secondary N) is 2. The Morgan fingerprint density at radius 2 is 2.07 bits per heavy atom. The van der Waals surface area contributed by atoms with Crippen molar-refractivity contribution in [2.75, 3.05) is 16.8 Å². The van der Waals surface area contributed by atoms with Crippen LogP contribution in [0, 0.1) is 29.7 Å². The Bertz CT molecular complexity index is 1340. The number of rotatable bonds is 1. The molecule has 4 rings (SSSR count). The summed E-state index contributed by atoms with van der Waals surface area (Å²) in [7, 11) is 0. The lowest BCUT2D eigenvalue weighted by Crippen LogP contribution is -2.32. The van der Waals surface area contributed by atoms with Gasteiger partial charge in [-0.05, 0) is 24.1 Å². The number of benzene rings is 1. The summed E-state index contributed by atoms with van der Waals surface area (Å²) in [4.78, 5) is 20.5. The van der Waals surface area contributed by atoms with Gasteiger partial charge in [-0.2, -0.15) is 10.5 Å². The number of aliphatic imine (C=N–C) groups is 1. The highest BCUT2D eigenvalue weighted by molar-refractivity contribution is 5.98. The number of nitriles is 2. The van der Waals surface area contributed by atoms with Crippen molar-refractivity contribution in [2.24, 2.45) is 4.99 Å². The molecular formula is C19H14N8O2. The van der Waals surface area contributed by atoms with E-state index in [0.717, 1.165) is 10.9 Å². The molecule has 2 aromatic heterocycles. The predicted molar refractivity (Wildman–Crippen MR) is 107 cm³/mol. The Hall–Kier alpha value is -4.57. The standard InChI is InChI=1S/C19H14N8O2/c1-8-4-13(28)29-12-5-9(2-3-10(8)12)16-14-15(22)11(6-20)17(23)26-18(14)27-19(25-16)24-7-21/h2-5,16H,1H3,(H6,22,23,24,25,26,27). The van der Waals surface area contributed by atoms with Gasteiger partial charge in [0.2, 0.25) is 5.96 Å². The molecule has 1 aromatic carbocycles. The predicted octanol–water partition coefficient (Wildman–Crippen LogP) is 1.47. The van der Waals surface area contributed by atoms with Crippen LogP contribution in [-0.4, -0.2) is 10.9 Å². The van der Waals surface area contributed by atoms with E-state index in [9.17, 15) is 10.1 Å². The summed E-state index contributed by atoms with van der Waals surface area (Å²) in [5.74, 6) is 0.391. The van der Waals surface area contributed by atoms with Crippen molar-refractivity contribution < 1.29 is 4.42 Å². The summed E-state index contributed by atoms with van der Waals surface area (Å²) < 4.78 is 5.32. The van der Waals surface area contributed by atoms with Crippen molar-refractivity contribution >= 4 is 34.3 Å². The molecule has 1 aliphatic rings. The Labute approximate surface area is 164 Å². The molecule has 142 valence electrons. The van der Waals surface area contributed by atoms with Gasteiger partial charge in [-0.3, -0.25) is 5.32 Å². The van der Waals surface area contributed by atoms with Crippen molar-refractivity contribution in [3.05, 3.63) is 56.9 Å². The van der Waals surface area contributed by atoms with E-state index in [1.54, 1.807) is 12.3 Å². The molecule has 10 nitrogen and oxygen atoms in total. The number of pyridine rings is 1. The summed E-state index contributed by atoms with van der Waals surface area (Å²) in [5, 5.41) is 24.4. The molecule has 0 radical (unpaired) electrons. The Morgan fingerprint density at radius 3 is 2.79 bits per heavy atom. The van der Waals surface area contributed by atoms with Crippen LogP contribution in [0.4, 0.5) is 17.3 Å². The summed E-state index contributed by atoms with van der Waals surface area (Å²) in [6.07, 6.45) is 1.79. The SMILES string of the molecule is Cc1cc(=O)oc2cc(C3N=C(NC#N)Nc4nc(N)c(C#N)c(N)c43)ccc12. The topological polar surface area (TPSA) is 179 Å². The number of anilines is 3. The number of aryl methyl sites for hydroxylation is 1. The highest BCUT2D eigenvalue weighted by Gasteiger charge is 2.30. The lowest BCUT2D eigenvalue weighted by atomic mass is 9.94. The first-order chi connectivity index (χ1) is 13.9. The smallest absolute Gasteiger partial charge is 0.336 e. The first kappa shape index (κ1) is 17.8. The molecule has 0 aliphatic carbocycles. The Kier molecular flexibility index (Phi) is 4.02. The third-order valence-electron chi connectivity index (χ3n) is 4.65. The minimum Gasteiger partial charge on any atom is -0.423 e. The van der Waals surface area contributed by atoms with Crippen LogP contribution < -0.4 is 27.7 Å². The maximum atomic E-state index is 11.8. The molecule has 29 heavy (non-hydrogen) atoms. The number of nitrogen functional groups attached to an aromatic ring is 2. The fourth-order valence-electron chi connectivity index (χ4n) is 3.33. The second-order valence-electron chi connectivity index (χ2n) is 6.41. The van der Waals surface area contributed by atoms with E-state index in [4.69, 9.17) is 21.1 Å². The van der Waals surface area contributed by atoms with Crippen LogP contribution in [0.5, 0.6) is 0 Å². The van der Waals surface area contributed by atoms with Crippen LogP contribution in [0.25, 0.3) is 11.0 Å². The van der Waals surface area contributed by atoms with Gasteiger partial charge in [0.05, 0.1) is 5.69 Å². The van der Waals surface area contributed by atoms with Crippen molar-refractivity contribution in [3.63, 3.8) is 0 Å². The van der Waals surface area contributed by atoms with Crippen LogP contribution >= 0.6 is 0 Å². The molecule has 0 spiro atoms. The number of fused-ring (bicyclic) bond motifs is 2. The molecule has 0 saturated carbocycles. The van der Waals surface area contributed by atoms with Gasteiger partial charge in [0.15, 0.2) is 6.19 Å². The maximum Gasteiger partial charge on any atom is 0.336 e. The highest BCUT2D eigenvalue weighted by atomic mass is 16.4. The summed E-state index contributed by atoms with van der Waals surface area (Å²) in [5.41, 5.74) is 14.0. The Morgan fingerprint density at radius 1 is 1.28 bits per heavy atom. The number of hydrogen-bond acceptors (Lipinski definition) is 10. The van der Waals surface area contributed by atoms with Gasteiger partial charge < -0.3 is 21.2 Å². The third-order valence-corrected chi connectivity index (χ3v) is 4.65. The quantitative estimate of drug-likeness (QED) is 0.273. The van der Waals surface area contributed by atoms with E-state index in [-0.39, 0.29) is 28.8 Å². The van der Waals surface area contributed by atoms with Crippen molar-refractivity contribution in [1.29, 1.82) is 10.5 Å². The molecule has 0 bridgehead atoms. The first-order valence-corrected chi connectivity index (χ1v) is 8.46. The molecule has 0 amide bonds. The van der Waals surface area contributed by atoms with Gasteiger partial charge in [-0.1, -0.05) is 12.1 Å². The van der Waals surface area contributed by atoms with Gasteiger partial charge >= 0.3 is 5.63 Å². The molecule has 1 atom stereocenters. The molecule has 0 fully saturated rings. The lowest BCUT2D eigenvalue weighted by molar-refractivity contribution is 0.559. The first-order valence-electron chi connectivity index (χ1n) is 8.46. The van der Waals surface area contributed by atoms with Gasteiger partial charge in [-0.25, -0.2) is 14.8 Å². The Balaban J connectivity index is 1.98. The minimum atomic E-state index is -0.711. The van der Waals surface area contributed by atoms with Crippen LogP contribution in [-0.2, 0) is 0 Å². The summed E-state index contributed by atoms with van der Waals surface area (Å²) >= 11 is 0. The molecule has 3 aromatic rings. The van der Waals surface area contributed by atoms with Crippen LogP contribution in [0.15, 0.2) is 38.5 Å². The van der Waals surface area contributed by atoms with Crippen LogP contribution in [0.2, 0.25) is 0 Å². The van der Waals surface area contributed by atoms with Gasteiger partial charge in [0.1, 0.15) is 34.9 Å². The van der Waals surface area contributed by atoms with Crippen molar-refractivity contribution in [1.82, 2.24) is 10.3 Å². The highest BCUT2D eigenvalue weighted by Crippen LogP contribution is 2.41. The zero-order valence-electron chi connectivity index (χ0n) is 15.1. The van der Waals surface area contributed by atoms with Gasteiger partial charge in [0.25, 0.3) is 0 Å². The molecule has 6 N–H and O–H groups in total. The fourth-order valence-corrected chi connectivity index (χ4v) is 3.33. The van der Waals surface area contributed by atoms with E-state index in [1.165, 1.54) is 6.07 Å². The van der Waals surface area contributed by atoms with Crippen molar-refractivity contribution in [2.45, 2.75) is 13.0 Å². The van der Waals surface area contributed by atoms with Gasteiger partial charge in [0, 0.05) is 17.0 Å². The normalized spacial score (nSPS) is 14.9.